The zero-order chi connectivity index (χ0) is 12.4. The van der Waals surface area contributed by atoms with E-state index in [-0.39, 0.29) is 0 Å². The molecule has 1 aromatic carbocycles. The van der Waals surface area contributed by atoms with Crippen LogP contribution in [0.5, 0.6) is 0 Å². The summed E-state index contributed by atoms with van der Waals surface area (Å²) in [5.74, 6) is 0.726. The van der Waals surface area contributed by atoms with Gasteiger partial charge in [0, 0.05) is 17.8 Å². The van der Waals surface area contributed by atoms with Gasteiger partial charge in [-0.3, -0.25) is 0 Å². The van der Waals surface area contributed by atoms with Gasteiger partial charge in [0.1, 0.15) is 0 Å². The Morgan fingerprint density at radius 3 is 2.61 bits per heavy atom. The van der Waals surface area contributed by atoms with E-state index in [0.29, 0.717) is 0 Å². The van der Waals surface area contributed by atoms with Crippen LogP contribution < -0.4 is 5.73 Å². The summed E-state index contributed by atoms with van der Waals surface area (Å²) < 4.78 is 2.07. The molecular weight excluding hydrogens is 222 g/mol. The standard InChI is InChI=1S/C15H19N3/c16-10-1-2-12-3-7-14(8-4-12)18-15(9-11-17-18)13-5-6-13/h3-4,7-9,11,13H,1-2,5-6,10,16H2. The van der Waals surface area contributed by atoms with E-state index >= 15 is 0 Å². The molecule has 1 fully saturated rings. The molecule has 3 nitrogen and oxygen atoms in total. The second-order valence-electron chi connectivity index (χ2n) is 5.00. The largest absolute Gasteiger partial charge is 0.330 e. The predicted molar refractivity (Wildman–Crippen MR) is 72.9 cm³/mol. The van der Waals surface area contributed by atoms with Crippen LogP contribution in [0.25, 0.3) is 5.69 Å². The smallest absolute Gasteiger partial charge is 0.0649 e. The van der Waals surface area contributed by atoms with E-state index in [4.69, 9.17) is 5.73 Å². The van der Waals surface area contributed by atoms with E-state index in [1.54, 1.807) is 0 Å². The SMILES string of the molecule is NCCCc1ccc(-n2nccc2C2CC2)cc1. The minimum absolute atomic E-state index is 0.726. The molecule has 1 aliphatic carbocycles. The molecule has 1 aromatic heterocycles. The molecule has 3 rings (SSSR count). The van der Waals surface area contributed by atoms with Gasteiger partial charge in [-0.1, -0.05) is 12.1 Å². The summed E-state index contributed by atoms with van der Waals surface area (Å²) in [6.07, 6.45) is 6.62. The highest BCUT2D eigenvalue weighted by Gasteiger charge is 2.27. The van der Waals surface area contributed by atoms with Crippen molar-refractivity contribution in [2.75, 3.05) is 6.54 Å². The van der Waals surface area contributed by atoms with E-state index in [9.17, 15) is 0 Å². The number of nitrogens with two attached hydrogens (primary N) is 1. The first kappa shape index (κ1) is 11.5. The van der Waals surface area contributed by atoms with E-state index in [2.05, 4.69) is 40.1 Å². The van der Waals surface area contributed by atoms with Gasteiger partial charge >= 0.3 is 0 Å². The highest BCUT2D eigenvalue weighted by molar-refractivity contribution is 5.36. The zero-order valence-electron chi connectivity index (χ0n) is 10.5. The van der Waals surface area contributed by atoms with E-state index in [0.717, 1.165) is 25.3 Å². The number of nitrogens with zero attached hydrogens (tertiary/aromatic N) is 2. The first-order valence-electron chi connectivity index (χ1n) is 6.72. The van der Waals surface area contributed by atoms with Crippen molar-refractivity contribution in [3.8, 4) is 5.69 Å². The van der Waals surface area contributed by atoms with Crippen LogP contribution >= 0.6 is 0 Å². The minimum Gasteiger partial charge on any atom is -0.330 e. The molecule has 0 spiro atoms. The summed E-state index contributed by atoms with van der Waals surface area (Å²) in [6, 6.07) is 10.8. The maximum atomic E-state index is 5.53. The molecule has 1 saturated carbocycles. The predicted octanol–water partition coefficient (Wildman–Crippen LogP) is 2.64. The molecular formula is C15H19N3. The van der Waals surface area contributed by atoms with Gasteiger partial charge in [-0.2, -0.15) is 5.10 Å². The molecule has 0 aliphatic heterocycles. The summed E-state index contributed by atoms with van der Waals surface area (Å²) in [6.45, 7) is 0.757. The van der Waals surface area contributed by atoms with Crippen molar-refractivity contribution in [2.24, 2.45) is 5.73 Å². The number of aryl methyl sites for hydroxylation is 1. The van der Waals surface area contributed by atoms with Crippen molar-refractivity contribution >= 4 is 0 Å². The lowest BCUT2D eigenvalue weighted by Crippen LogP contribution is -2.02. The maximum absolute atomic E-state index is 5.53. The third kappa shape index (κ3) is 2.31. The number of rotatable bonds is 5. The van der Waals surface area contributed by atoms with E-state index in [1.807, 2.05) is 6.20 Å². The van der Waals surface area contributed by atoms with Gasteiger partial charge in [0.2, 0.25) is 0 Å². The maximum Gasteiger partial charge on any atom is 0.0649 e. The van der Waals surface area contributed by atoms with Crippen LogP contribution in [0.3, 0.4) is 0 Å². The molecule has 0 atom stereocenters. The second kappa shape index (κ2) is 4.94. The fourth-order valence-electron chi connectivity index (χ4n) is 2.33. The van der Waals surface area contributed by atoms with Crippen molar-refractivity contribution in [3.63, 3.8) is 0 Å². The van der Waals surface area contributed by atoms with Crippen LogP contribution in [0.2, 0.25) is 0 Å². The van der Waals surface area contributed by atoms with Gasteiger partial charge in [0.25, 0.3) is 0 Å². The molecule has 0 bridgehead atoms. The summed E-state index contributed by atoms with van der Waals surface area (Å²) in [5, 5.41) is 4.44. The molecule has 94 valence electrons. The fourth-order valence-corrected chi connectivity index (χ4v) is 2.33. The van der Waals surface area contributed by atoms with Crippen LogP contribution in [0.4, 0.5) is 0 Å². The van der Waals surface area contributed by atoms with Gasteiger partial charge in [0.05, 0.1) is 5.69 Å². The average molecular weight is 241 g/mol. The van der Waals surface area contributed by atoms with Gasteiger partial charge in [-0.25, -0.2) is 4.68 Å². The third-order valence-electron chi connectivity index (χ3n) is 3.52. The van der Waals surface area contributed by atoms with Crippen LogP contribution in [-0.2, 0) is 6.42 Å². The Labute approximate surface area is 108 Å². The van der Waals surface area contributed by atoms with Crippen molar-refractivity contribution in [3.05, 3.63) is 47.8 Å². The fraction of sp³-hybridized carbons (Fsp3) is 0.400. The number of benzene rings is 1. The first-order chi connectivity index (χ1) is 8.88. The minimum atomic E-state index is 0.726. The summed E-state index contributed by atoms with van der Waals surface area (Å²) in [7, 11) is 0. The molecule has 1 heterocycles. The normalized spacial score (nSPS) is 14.9. The topological polar surface area (TPSA) is 43.8 Å². The Hall–Kier alpha value is -1.61. The number of aromatic nitrogens is 2. The van der Waals surface area contributed by atoms with Crippen molar-refractivity contribution in [1.29, 1.82) is 0 Å². The van der Waals surface area contributed by atoms with Crippen LogP contribution in [0.15, 0.2) is 36.5 Å². The Balaban J connectivity index is 1.81. The molecule has 0 amide bonds. The first-order valence-corrected chi connectivity index (χ1v) is 6.72. The summed E-state index contributed by atoms with van der Waals surface area (Å²) in [4.78, 5) is 0. The van der Waals surface area contributed by atoms with Crippen LogP contribution in [0, 0.1) is 0 Å². The zero-order valence-corrected chi connectivity index (χ0v) is 10.5. The molecule has 3 heteroatoms. The molecule has 1 aliphatic rings. The lowest BCUT2D eigenvalue weighted by molar-refractivity contribution is 0.804. The lowest BCUT2D eigenvalue weighted by atomic mass is 10.1. The summed E-state index contributed by atoms with van der Waals surface area (Å²) in [5.41, 5.74) is 9.40. The molecule has 2 N–H and O–H groups in total. The second-order valence-corrected chi connectivity index (χ2v) is 5.00. The van der Waals surface area contributed by atoms with Crippen LogP contribution in [-0.4, -0.2) is 16.3 Å². The molecule has 2 aromatic rings. The van der Waals surface area contributed by atoms with E-state index in [1.165, 1.54) is 29.8 Å². The lowest BCUT2D eigenvalue weighted by Gasteiger charge is -2.07. The highest BCUT2D eigenvalue weighted by Crippen LogP contribution is 2.40. The Morgan fingerprint density at radius 1 is 1.17 bits per heavy atom. The molecule has 18 heavy (non-hydrogen) atoms. The molecule has 0 unspecified atom stereocenters. The Morgan fingerprint density at radius 2 is 1.94 bits per heavy atom. The summed E-state index contributed by atoms with van der Waals surface area (Å²) >= 11 is 0. The Bertz CT molecular complexity index is 509. The van der Waals surface area contributed by atoms with E-state index < -0.39 is 0 Å². The van der Waals surface area contributed by atoms with Crippen molar-refractivity contribution < 1.29 is 0 Å². The van der Waals surface area contributed by atoms with Crippen molar-refractivity contribution in [2.45, 2.75) is 31.6 Å². The average Bonchev–Trinajstić information content (AvgIpc) is 3.15. The molecule has 0 saturated heterocycles. The van der Waals surface area contributed by atoms with Crippen LogP contribution in [0.1, 0.15) is 36.4 Å². The monoisotopic (exact) mass is 241 g/mol. The van der Waals surface area contributed by atoms with Gasteiger partial charge in [-0.05, 0) is 56.0 Å². The van der Waals surface area contributed by atoms with Gasteiger partial charge in [-0.15, -0.1) is 0 Å². The molecule has 0 radical (unpaired) electrons. The Kier molecular flexibility index (Phi) is 3.15. The van der Waals surface area contributed by atoms with Gasteiger partial charge in [0.15, 0.2) is 0 Å². The number of hydrogen-bond donors (Lipinski definition) is 1. The highest BCUT2D eigenvalue weighted by atomic mass is 15.3. The van der Waals surface area contributed by atoms with Gasteiger partial charge < -0.3 is 5.73 Å². The number of hydrogen-bond acceptors (Lipinski definition) is 2. The quantitative estimate of drug-likeness (QED) is 0.874. The third-order valence-corrected chi connectivity index (χ3v) is 3.52. The van der Waals surface area contributed by atoms with Crippen molar-refractivity contribution in [1.82, 2.24) is 9.78 Å².